The molecule has 1 aromatic carbocycles. The maximum absolute atomic E-state index is 13.6. The second-order valence-electron chi connectivity index (χ2n) is 8.43. The van der Waals surface area contributed by atoms with E-state index in [1.54, 1.807) is 44.2 Å². The number of hydrogen-bond donors (Lipinski definition) is 3. The van der Waals surface area contributed by atoms with Crippen molar-refractivity contribution in [1.29, 1.82) is 0 Å². The lowest BCUT2D eigenvalue weighted by atomic mass is 10.0. The molecule has 1 fully saturated rings. The summed E-state index contributed by atoms with van der Waals surface area (Å²) in [6, 6.07) is 7.21. The molecule has 0 radical (unpaired) electrons. The van der Waals surface area contributed by atoms with Crippen LogP contribution in [-0.2, 0) is 23.4 Å². The molecule has 0 saturated carbocycles. The molecule has 6 atom stereocenters. The van der Waals surface area contributed by atoms with E-state index in [0.717, 1.165) is 0 Å². The number of aliphatic hydroxyl groups is 2. The van der Waals surface area contributed by atoms with E-state index in [-0.39, 0.29) is 29.3 Å². The predicted molar refractivity (Wildman–Crippen MR) is 129 cm³/mol. The van der Waals surface area contributed by atoms with Gasteiger partial charge in [0.2, 0.25) is 5.88 Å². The smallest absolute Gasteiger partial charge is 0.459 e. The molecule has 1 aromatic heterocycles. The Balaban J connectivity index is 1.76. The van der Waals surface area contributed by atoms with Crippen molar-refractivity contribution < 1.29 is 47.6 Å². The van der Waals surface area contributed by atoms with Crippen molar-refractivity contribution >= 4 is 13.7 Å². The molecule has 3 rings (SSSR count). The number of carbonyl (C=O) groups is 1. The number of nitrogens with zero attached hydrogens (tertiary/aromatic N) is 2. The van der Waals surface area contributed by atoms with Crippen molar-refractivity contribution in [3.05, 3.63) is 42.1 Å². The fourth-order valence-corrected chi connectivity index (χ4v) is 4.97. The van der Waals surface area contributed by atoms with Gasteiger partial charge in [0.1, 0.15) is 36.2 Å². The minimum atomic E-state index is -4.20. The van der Waals surface area contributed by atoms with Gasteiger partial charge in [-0.25, -0.2) is 9.55 Å². The average Bonchev–Trinajstić information content (AvgIpc) is 3.15. The molecule has 13 nitrogen and oxygen atoms in total. The Kier molecular flexibility index (Phi) is 9.82. The van der Waals surface area contributed by atoms with Gasteiger partial charge in [-0.1, -0.05) is 18.2 Å². The van der Waals surface area contributed by atoms with E-state index in [4.69, 9.17) is 28.0 Å². The summed E-state index contributed by atoms with van der Waals surface area (Å²) in [6.07, 6.45) is -4.06. The number of benzene rings is 1. The van der Waals surface area contributed by atoms with E-state index < -0.39 is 50.8 Å². The van der Waals surface area contributed by atoms with Crippen molar-refractivity contribution in [2.45, 2.75) is 57.3 Å². The van der Waals surface area contributed by atoms with Gasteiger partial charge in [0.05, 0.1) is 32.5 Å². The molecule has 1 saturated heterocycles. The Bertz CT molecular complexity index is 1090. The van der Waals surface area contributed by atoms with Crippen LogP contribution in [0.1, 0.15) is 32.4 Å². The first-order chi connectivity index (χ1) is 17.6. The van der Waals surface area contributed by atoms with Crippen molar-refractivity contribution in [3.8, 4) is 17.6 Å². The van der Waals surface area contributed by atoms with Gasteiger partial charge in [-0.05, 0) is 32.9 Å². The molecule has 0 bridgehead atoms. The first-order valence-corrected chi connectivity index (χ1v) is 13.0. The highest BCUT2D eigenvalue weighted by molar-refractivity contribution is 7.52. The normalized spacial score (nSPS) is 23.8. The third kappa shape index (κ3) is 7.37. The molecule has 0 spiro atoms. The Morgan fingerprint density at radius 1 is 1.14 bits per heavy atom. The highest BCUT2D eigenvalue weighted by atomic mass is 31.2. The minimum Gasteiger partial charge on any atom is -0.481 e. The van der Waals surface area contributed by atoms with Crippen LogP contribution >= 0.6 is 7.75 Å². The van der Waals surface area contributed by atoms with Gasteiger partial charge in [0, 0.05) is 6.20 Å². The second kappa shape index (κ2) is 12.6. The number of rotatable bonds is 12. The molecular weight excluding hydrogens is 509 g/mol. The molecule has 0 amide bonds. The van der Waals surface area contributed by atoms with Crippen LogP contribution in [0.2, 0.25) is 0 Å². The number of hydrogen-bond acceptors (Lipinski definition) is 12. The molecule has 2 aromatic rings. The summed E-state index contributed by atoms with van der Waals surface area (Å²) in [7, 11) is -1.44. The number of aromatic nitrogens is 2. The molecule has 1 aliphatic rings. The van der Waals surface area contributed by atoms with Crippen molar-refractivity contribution in [2.24, 2.45) is 0 Å². The largest absolute Gasteiger partial charge is 0.481 e. The van der Waals surface area contributed by atoms with Crippen molar-refractivity contribution in [3.63, 3.8) is 0 Å². The number of methoxy groups -OCH3 is 2. The lowest BCUT2D eigenvalue weighted by Crippen LogP contribution is -2.38. The number of aliphatic hydroxyl groups excluding tert-OH is 2. The SMILES string of the molecule is COc1ncc(C2OC(COP(=O)(NC(C)C(=O)OC(C)C)Oc3ccccc3)[C@@H](O)[C@H]2O)c(OC)n1. The van der Waals surface area contributed by atoms with E-state index in [0.29, 0.717) is 0 Å². The van der Waals surface area contributed by atoms with E-state index in [2.05, 4.69) is 15.1 Å². The topological polar surface area (TPSA) is 168 Å². The zero-order valence-corrected chi connectivity index (χ0v) is 22.0. The van der Waals surface area contributed by atoms with E-state index in [1.165, 1.54) is 27.3 Å². The van der Waals surface area contributed by atoms with Crippen LogP contribution in [0.25, 0.3) is 0 Å². The van der Waals surface area contributed by atoms with Gasteiger partial charge in [0.25, 0.3) is 0 Å². The second-order valence-corrected chi connectivity index (χ2v) is 10.1. The van der Waals surface area contributed by atoms with Crippen LogP contribution in [0.3, 0.4) is 0 Å². The van der Waals surface area contributed by atoms with E-state index >= 15 is 0 Å². The molecule has 4 unspecified atom stereocenters. The summed E-state index contributed by atoms with van der Waals surface area (Å²) in [4.78, 5) is 20.4. The first-order valence-electron chi connectivity index (χ1n) is 11.5. The average molecular weight is 541 g/mol. The van der Waals surface area contributed by atoms with Crippen LogP contribution in [0.4, 0.5) is 0 Å². The monoisotopic (exact) mass is 541 g/mol. The third-order valence-electron chi connectivity index (χ3n) is 5.24. The Labute approximate surface area is 214 Å². The molecule has 37 heavy (non-hydrogen) atoms. The zero-order valence-electron chi connectivity index (χ0n) is 21.1. The Hall–Kier alpha value is -2.80. The third-order valence-corrected chi connectivity index (χ3v) is 6.88. The first kappa shape index (κ1) is 28.8. The van der Waals surface area contributed by atoms with Crippen LogP contribution in [0.5, 0.6) is 17.6 Å². The van der Waals surface area contributed by atoms with Gasteiger partial charge in [-0.2, -0.15) is 10.1 Å². The zero-order chi connectivity index (χ0) is 27.2. The number of esters is 1. The summed E-state index contributed by atoms with van der Waals surface area (Å²) in [5.74, 6) is -0.356. The van der Waals surface area contributed by atoms with Gasteiger partial charge < -0.3 is 33.7 Å². The quantitative estimate of drug-likeness (QED) is 0.263. The van der Waals surface area contributed by atoms with E-state index in [1.807, 2.05) is 0 Å². The number of para-hydroxylation sites is 1. The number of carbonyl (C=O) groups excluding carboxylic acids is 1. The number of ether oxygens (including phenoxy) is 4. The van der Waals surface area contributed by atoms with Gasteiger partial charge in [0.15, 0.2) is 0 Å². The van der Waals surface area contributed by atoms with Crippen LogP contribution in [0, 0.1) is 0 Å². The fraction of sp³-hybridized carbons (Fsp3) is 0.522. The minimum absolute atomic E-state index is 0.0451. The standard InChI is InChI=1S/C23H32N3O10P/c1-13(2)34-22(29)14(3)26-37(30,36-15-9-7-6-8-10-15)33-12-17-18(27)19(28)20(35-17)16-11-24-23(32-5)25-21(16)31-4/h6-11,13-14,17-20,27-28H,12H2,1-5H3,(H,26,30)/t14?,17?,18-,19-,20?,37?/m1/s1. The summed E-state index contributed by atoms with van der Waals surface area (Å²) < 4.78 is 46.0. The molecule has 204 valence electrons. The van der Waals surface area contributed by atoms with Crippen LogP contribution in [-0.4, -0.2) is 77.4 Å². The fourth-order valence-electron chi connectivity index (χ4n) is 3.47. The maximum atomic E-state index is 13.6. The lowest BCUT2D eigenvalue weighted by Gasteiger charge is -2.25. The molecule has 14 heteroatoms. The summed E-state index contributed by atoms with van der Waals surface area (Å²) in [5, 5.41) is 23.8. The van der Waals surface area contributed by atoms with Crippen LogP contribution < -0.4 is 19.1 Å². The van der Waals surface area contributed by atoms with Crippen molar-refractivity contribution in [1.82, 2.24) is 15.1 Å². The van der Waals surface area contributed by atoms with Crippen LogP contribution in [0.15, 0.2) is 36.5 Å². The highest BCUT2D eigenvalue weighted by Crippen LogP contribution is 2.46. The number of nitrogens with one attached hydrogen (secondary N) is 1. The molecular formula is C23H32N3O10P. The molecule has 1 aliphatic heterocycles. The summed E-state index contributed by atoms with van der Waals surface area (Å²) in [5.41, 5.74) is 0.268. The van der Waals surface area contributed by atoms with Gasteiger partial charge in [-0.3, -0.25) is 9.32 Å². The van der Waals surface area contributed by atoms with Gasteiger partial charge in [-0.15, -0.1) is 0 Å². The summed E-state index contributed by atoms with van der Waals surface area (Å²) >= 11 is 0. The Morgan fingerprint density at radius 2 is 1.84 bits per heavy atom. The highest BCUT2D eigenvalue weighted by Gasteiger charge is 2.46. The van der Waals surface area contributed by atoms with Crippen molar-refractivity contribution in [2.75, 3.05) is 20.8 Å². The maximum Gasteiger partial charge on any atom is 0.459 e. The molecule has 0 aliphatic carbocycles. The van der Waals surface area contributed by atoms with E-state index in [9.17, 15) is 19.6 Å². The Morgan fingerprint density at radius 3 is 2.46 bits per heavy atom. The summed E-state index contributed by atoms with van der Waals surface area (Å²) in [6.45, 7) is 4.36. The van der Waals surface area contributed by atoms with Gasteiger partial charge >= 0.3 is 19.7 Å². The predicted octanol–water partition coefficient (Wildman–Crippen LogP) is 1.79. The lowest BCUT2D eigenvalue weighted by molar-refractivity contribution is -0.149. The molecule has 3 N–H and O–H groups in total. The molecule has 2 heterocycles.